The minimum absolute atomic E-state index is 0.0538. The van der Waals surface area contributed by atoms with Gasteiger partial charge in [0, 0.05) is 24.5 Å². The summed E-state index contributed by atoms with van der Waals surface area (Å²) in [7, 11) is 0. The van der Waals surface area contributed by atoms with E-state index in [-0.39, 0.29) is 5.91 Å². The maximum Gasteiger partial charge on any atom is 0.251 e. The van der Waals surface area contributed by atoms with Crippen molar-refractivity contribution >= 4 is 11.6 Å². The summed E-state index contributed by atoms with van der Waals surface area (Å²) < 4.78 is 7.81. The normalized spacial score (nSPS) is 16.8. The number of pyridine rings is 1. The Hall–Kier alpha value is -2.86. The first kappa shape index (κ1) is 18.5. The molecule has 1 aromatic carbocycles. The summed E-state index contributed by atoms with van der Waals surface area (Å²) >= 11 is 0. The van der Waals surface area contributed by atoms with Crippen molar-refractivity contribution in [2.45, 2.75) is 25.9 Å². The highest BCUT2D eigenvalue weighted by molar-refractivity contribution is 5.94. The summed E-state index contributed by atoms with van der Waals surface area (Å²) in [6, 6.07) is 13.2. The van der Waals surface area contributed by atoms with E-state index >= 15 is 0 Å². The Morgan fingerprint density at radius 3 is 3.11 bits per heavy atom. The largest absolute Gasteiger partial charge is 0.487 e. The highest BCUT2D eigenvalue weighted by Crippen LogP contribution is 2.16. The molecule has 6 heteroatoms. The first-order valence-corrected chi connectivity index (χ1v) is 9.92. The number of amides is 1. The molecule has 0 spiro atoms. The highest BCUT2D eigenvalue weighted by atomic mass is 16.5. The second-order valence-corrected chi connectivity index (χ2v) is 7.27. The van der Waals surface area contributed by atoms with Crippen molar-refractivity contribution in [3.8, 4) is 5.75 Å². The molecule has 1 fully saturated rings. The van der Waals surface area contributed by atoms with Crippen molar-refractivity contribution in [2.75, 3.05) is 19.6 Å². The molecule has 2 aromatic heterocycles. The van der Waals surface area contributed by atoms with Crippen molar-refractivity contribution in [3.05, 3.63) is 66.1 Å². The van der Waals surface area contributed by atoms with E-state index in [9.17, 15) is 4.79 Å². The number of carbonyl (C=O) groups excluding carboxylic acids is 1. The smallest absolute Gasteiger partial charge is 0.251 e. The lowest BCUT2D eigenvalue weighted by molar-refractivity contribution is 0.0950. The number of piperidine rings is 1. The third-order valence-corrected chi connectivity index (χ3v) is 5.13. The van der Waals surface area contributed by atoms with Gasteiger partial charge in [-0.25, -0.2) is 4.98 Å². The summed E-state index contributed by atoms with van der Waals surface area (Å²) in [6.07, 6.45) is 7.40. The van der Waals surface area contributed by atoms with Crippen molar-refractivity contribution in [3.63, 3.8) is 0 Å². The van der Waals surface area contributed by atoms with E-state index in [1.807, 2.05) is 53.2 Å². The summed E-state index contributed by atoms with van der Waals surface area (Å²) in [5.74, 6) is 1.28. The zero-order chi connectivity index (χ0) is 19.2. The van der Waals surface area contributed by atoms with Crippen LogP contribution < -0.4 is 15.4 Å². The molecule has 146 valence electrons. The molecule has 3 aromatic rings. The van der Waals surface area contributed by atoms with Crippen molar-refractivity contribution < 1.29 is 9.53 Å². The molecule has 28 heavy (non-hydrogen) atoms. The fraction of sp³-hybridized carbons (Fsp3) is 0.364. The van der Waals surface area contributed by atoms with Crippen LogP contribution in [-0.2, 0) is 6.61 Å². The SMILES string of the molecule is O=C(NCCC1CCCNC1)c1cccc(OCc2cn3ccccc3n2)c1. The van der Waals surface area contributed by atoms with Gasteiger partial charge in [0.15, 0.2) is 0 Å². The van der Waals surface area contributed by atoms with Gasteiger partial charge >= 0.3 is 0 Å². The average Bonchev–Trinajstić information content (AvgIpc) is 3.16. The summed E-state index contributed by atoms with van der Waals surface area (Å²) in [5.41, 5.74) is 2.36. The van der Waals surface area contributed by atoms with Crippen LogP contribution in [0.3, 0.4) is 0 Å². The van der Waals surface area contributed by atoms with Gasteiger partial charge in [-0.2, -0.15) is 0 Å². The molecule has 1 saturated heterocycles. The van der Waals surface area contributed by atoms with E-state index in [0.717, 1.165) is 30.9 Å². The molecule has 0 radical (unpaired) electrons. The lowest BCUT2D eigenvalue weighted by Crippen LogP contribution is -2.33. The number of hydrogen-bond acceptors (Lipinski definition) is 4. The van der Waals surface area contributed by atoms with Crippen LogP contribution in [-0.4, -0.2) is 34.9 Å². The van der Waals surface area contributed by atoms with Crippen molar-refractivity contribution in [1.82, 2.24) is 20.0 Å². The number of carbonyl (C=O) groups is 1. The van der Waals surface area contributed by atoms with Crippen LogP contribution >= 0.6 is 0 Å². The molecule has 6 nitrogen and oxygen atoms in total. The molecular formula is C22H26N4O2. The van der Waals surface area contributed by atoms with Gasteiger partial charge in [0.1, 0.15) is 18.0 Å². The van der Waals surface area contributed by atoms with Crippen LogP contribution in [0.4, 0.5) is 0 Å². The summed E-state index contributed by atoms with van der Waals surface area (Å²) in [6.45, 7) is 3.24. The number of rotatable bonds is 7. The molecule has 0 aliphatic carbocycles. The third kappa shape index (κ3) is 4.70. The van der Waals surface area contributed by atoms with Gasteiger partial charge in [0.25, 0.3) is 5.91 Å². The van der Waals surface area contributed by atoms with Crippen LogP contribution in [0.25, 0.3) is 5.65 Å². The van der Waals surface area contributed by atoms with Crippen molar-refractivity contribution in [1.29, 1.82) is 0 Å². The Morgan fingerprint density at radius 2 is 2.25 bits per heavy atom. The predicted octanol–water partition coefficient (Wildman–Crippen LogP) is 3.03. The van der Waals surface area contributed by atoms with Gasteiger partial charge in [-0.3, -0.25) is 4.79 Å². The molecule has 1 aliphatic heterocycles. The van der Waals surface area contributed by atoms with E-state index in [2.05, 4.69) is 15.6 Å². The maximum absolute atomic E-state index is 12.4. The van der Waals surface area contributed by atoms with Gasteiger partial charge < -0.3 is 19.8 Å². The van der Waals surface area contributed by atoms with Crippen LogP contribution in [0.5, 0.6) is 5.75 Å². The topological polar surface area (TPSA) is 67.7 Å². The van der Waals surface area contributed by atoms with Crippen LogP contribution in [0.1, 0.15) is 35.3 Å². The Morgan fingerprint density at radius 1 is 1.29 bits per heavy atom. The first-order chi connectivity index (χ1) is 13.8. The molecular weight excluding hydrogens is 352 g/mol. The quantitative estimate of drug-likeness (QED) is 0.663. The Kier molecular flexibility index (Phi) is 5.87. The molecule has 2 N–H and O–H groups in total. The van der Waals surface area contributed by atoms with E-state index in [1.165, 1.54) is 12.8 Å². The lowest BCUT2D eigenvalue weighted by atomic mass is 9.96. The van der Waals surface area contributed by atoms with Gasteiger partial charge in [0.05, 0.1) is 5.69 Å². The van der Waals surface area contributed by atoms with Gasteiger partial charge in [0.2, 0.25) is 0 Å². The van der Waals surface area contributed by atoms with E-state index in [1.54, 1.807) is 6.07 Å². The van der Waals surface area contributed by atoms with Crippen LogP contribution in [0.2, 0.25) is 0 Å². The number of hydrogen-bond donors (Lipinski definition) is 2. The Labute approximate surface area is 164 Å². The number of benzene rings is 1. The predicted molar refractivity (Wildman–Crippen MR) is 109 cm³/mol. The number of nitrogens with zero attached hydrogens (tertiary/aromatic N) is 2. The van der Waals surface area contributed by atoms with E-state index in [4.69, 9.17) is 4.74 Å². The van der Waals surface area contributed by atoms with Gasteiger partial charge in [-0.05, 0) is 68.6 Å². The Bertz CT molecular complexity index is 898. The molecule has 1 atom stereocenters. The second-order valence-electron chi connectivity index (χ2n) is 7.27. The second kappa shape index (κ2) is 8.89. The molecule has 4 rings (SSSR count). The molecule has 1 aliphatic rings. The number of imidazole rings is 1. The molecule has 0 bridgehead atoms. The average molecular weight is 378 g/mol. The number of ether oxygens (including phenoxy) is 1. The number of fused-ring (bicyclic) bond motifs is 1. The van der Waals surface area contributed by atoms with Crippen LogP contribution in [0.15, 0.2) is 54.9 Å². The molecule has 1 unspecified atom stereocenters. The molecule has 0 saturated carbocycles. The summed E-state index contributed by atoms with van der Waals surface area (Å²) in [4.78, 5) is 17.0. The van der Waals surface area contributed by atoms with E-state index < -0.39 is 0 Å². The standard InChI is InChI=1S/C22H26N4O2/c27-22(24-11-9-17-5-4-10-23-14-17)18-6-3-7-20(13-18)28-16-19-15-26-12-2-1-8-21(26)25-19/h1-3,6-8,12-13,15,17,23H,4-5,9-11,14,16H2,(H,24,27). The fourth-order valence-corrected chi connectivity index (χ4v) is 3.60. The lowest BCUT2D eigenvalue weighted by Gasteiger charge is -2.22. The summed E-state index contributed by atoms with van der Waals surface area (Å²) in [5, 5.41) is 6.44. The van der Waals surface area contributed by atoms with Crippen molar-refractivity contribution in [2.24, 2.45) is 5.92 Å². The van der Waals surface area contributed by atoms with Crippen LogP contribution in [0, 0.1) is 5.92 Å². The van der Waals surface area contributed by atoms with E-state index in [0.29, 0.717) is 30.4 Å². The highest BCUT2D eigenvalue weighted by Gasteiger charge is 2.13. The fourth-order valence-electron chi connectivity index (χ4n) is 3.60. The minimum Gasteiger partial charge on any atom is -0.487 e. The first-order valence-electron chi connectivity index (χ1n) is 9.92. The number of nitrogens with one attached hydrogen (secondary N) is 2. The third-order valence-electron chi connectivity index (χ3n) is 5.13. The zero-order valence-electron chi connectivity index (χ0n) is 15.9. The molecule has 1 amide bonds. The molecule has 3 heterocycles. The van der Waals surface area contributed by atoms with Gasteiger partial charge in [-0.1, -0.05) is 12.1 Å². The number of aromatic nitrogens is 2. The zero-order valence-corrected chi connectivity index (χ0v) is 15.9. The monoisotopic (exact) mass is 378 g/mol. The Balaban J connectivity index is 1.29. The van der Waals surface area contributed by atoms with Gasteiger partial charge in [-0.15, -0.1) is 0 Å². The maximum atomic E-state index is 12.4. The minimum atomic E-state index is -0.0538.